The molecule has 4 N–H and O–H groups in total. The SMILES string of the molecule is CN=C(NC)Nc1cc(C)c(C=CC=Cc2c(C)cc(NC(=NC)NC)c(C)c2C)c(C)c1C. The Balaban J connectivity index is 2.30. The van der Waals surface area contributed by atoms with Crippen molar-refractivity contribution in [2.45, 2.75) is 41.5 Å². The number of hydrogen-bond acceptors (Lipinski definition) is 2. The van der Waals surface area contributed by atoms with Crippen LogP contribution in [0.2, 0.25) is 0 Å². The molecule has 0 spiro atoms. The maximum Gasteiger partial charge on any atom is 0.195 e. The summed E-state index contributed by atoms with van der Waals surface area (Å²) in [7, 11) is 7.26. The number of nitrogens with one attached hydrogen (secondary N) is 4. The summed E-state index contributed by atoms with van der Waals surface area (Å²) < 4.78 is 0. The highest BCUT2D eigenvalue weighted by Gasteiger charge is 2.11. The highest BCUT2D eigenvalue weighted by molar-refractivity contribution is 5.95. The van der Waals surface area contributed by atoms with Gasteiger partial charge in [-0.1, -0.05) is 24.3 Å². The maximum absolute atomic E-state index is 4.22. The van der Waals surface area contributed by atoms with Crippen molar-refractivity contribution in [2.24, 2.45) is 9.98 Å². The molecule has 0 aliphatic carbocycles. The summed E-state index contributed by atoms with van der Waals surface area (Å²) in [6.45, 7) is 12.9. The van der Waals surface area contributed by atoms with Crippen LogP contribution in [0.15, 0.2) is 34.3 Å². The minimum absolute atomic E-state index is 0.750. The molecule has 0 saturated carbocycles. The molecule has 0 aliphatic rings. The lowest BCUT2D eigenvalue weighted by Gasteiger charge is -2.17. The summed E-state index contributed by atoms with van der Waals surface area (Å²) >= 11 is 0. The van der Waals surface area contributed by atoms with E-state index < -0.39 is 0 Å². The second-order valence-corrected chi connectivity index (χ2v) is 8.42. The van der Waals surface area contributed by atoms with E-state index in [4.69, 9.17) is 0 Å². The minimum Gasteiger partial charge on any atom is -0.359 e. The van der Waals surface area contributed by atoms with Gasteiger partial charge in [0.05, 0.1) is 0 Å². The van der Waals surface area contributed by atoms with Crippen LogP contribution < -0.4 is 21.3 Å². The van der Waals surface area contributed by atoms with Crippen LogP contribution in [0.4, 0.5) is 11.4 Å². The number of nitrogens with zero attached hydrogens (tertiary/aromatic N) is 2. The summed E-state index contributed by atoms with van der Waals surface area (Å²) in [5, 5.41) is 12.9. The summed E-state index contributed by atoms with van der Waals surface area (Å²) in [5.41, 5.74) is 12.0. The third-order valence-corrected chi connectivity index (χ3v) is 6.38. The van der Waals surface area contributed by atoms with Crippen LogP contribution in [-0.2, 0) is 0 Å². The maximum atomic E-state index is 4.22. The Morgan fingerprint density at radius 2 is 0.971 bits per heavy atom. The lowest BCUT2D eigenvalue weighted by molar-refractivity contribution is 1.13. The van der Waals surface area contributed by atoms with Crippen LogP contribution in [-0.4, -0.2) is 40.1 Å². The Hall–Kier alpha value is -3.54. The normalized spacial score (nSPS) is 12.5. The molecule has 0 atom stereocenters. The first-order chi connectivity index (χ1) is 16.2. The number of rotatable bonds is 5. The molecule has 2 aromatic rings. The molecule has 0 saturated heterocycles. The number of allylic oxidation sites excluding steroid dienone is 2. The average Bonchev–Trinajstić information content (AvgIpc) is 2.83. The van der Waals surface area contributed by atoms with Crippen molar-refractivity contribution in [3.8, 4) is 0 Å². The Bertz CT molecular complexity index is 1060. The first kappa shape index (κ1) is 26.7. The number of benzene rings is 2. The van der Waals surface area contributed by atoms with Gasteiger partial charge < -0.3 is 21.3 Å². The zero-order valence-electron chi connectivity index (χ0n) is 22.4. The molecule has 0 aliphatic heterocycles. The third-order valence-electron chi connectivity index (χ3n) is 6.38. The Morgan fingerprint density at radius 1 is 0.618 bits per heavy atom. The molecule has 0 amide bonds. The lowest BCUT2D eigenvalue weighted by atomic mass is 9.95. The van der Waals surface area contributed by atoms with E-state index in [0.717, 1.165) is 23.3 Å². The Kier molecular flexibility index (Phi) is 9.48. The van der Waals surface area contributed by atoms with E-state index in [0.29, 0.717) is 0 Å². The van der Waals surface area contributed by atoms with Gasteiger partial charge in [-0.2, -0.15) is 0 Å². The molecule has 0 radical (unpaired) electrons. The van der Waals surface area contributed by atoms with E-state index in [1.807, 2.05) is 14.1 Å². The number of hydrogen-bond donors (Lipinski definition) is 4. The van der Waals surface area contributed by atoms with Crippen molar-refractivity contribution < 1.29 is 0 Å². The Morgan fingerprint density at radius 3 is 1.26 bits per heavy atom. The first-order valence-electron chi connectivity index (χ1n) is 11.6. The predicted molar refractivity (Wildman–Crippen MR) is 151 cm³/mol. The zero-order chi connectivity index (χ0) is 25.4. The summed E-state index contributed by atoms with van der Waals surface area (Å²) in [4.78, 5) is 8.44. The van der Waals surface area contributed by atoms with Crippen molar-refractivity contribution in [1.82, 2.24) is 10.6 Å². The molecule has 0 unspecified atom stereocenters. The molecule has 182 valence electrons. The zero-order valence-corrected chi connectivity index (χ0v) is 22.4. The van der Waals surface area contributed by atoms with Gasteiger partial charge in [-0.15, -0.1) is 0 Å². The molecule has 0 heterocycles. The van der Waals surface area contributed by atoms with Gasteiger partial charge in [-0.3, -0.25) is 9.98 Å². The second kappa shape index (κ2) is 12.1. The molecule has 0 aromatic heterocycles. The van der Waals surface area contributed by atoms with Crippen LogP contribution >= 0.6 is 0 Å². The Labute approximate surface area is 205 Å². The van der Waals surface area contributed by atoms with Gasteiger partial charge in [0.2, 0.25) is 0 Å². The quantitative estimate of drug-likeness (QED) is 0.270. The minimum atomic E-state index is 0.750. The topological polar surface area (TPSA) is 72.8 Å². The molecule has 0 bridgehead atoms. The first-order valence-corrected chi connectivity index (χ1v) is 11.6. The monoisotopic (exact) mass is 460 g/mol. The standard InChI is InChI=1S/C28H40N6/c1-17-15-25(33-27(29-7)30-8)21(5)19(3)23(17)13-11-12-14-24-18(2)16-26(22(6)20(24)4)34-28(31-9)32-10/h11-16H,1-10H3,(H2,29,30,33)(H2,31,32,34). The van der Waals surface area contributed by atoms with Gasteiger partial charge in [0.15, 0.2) is 11.9 Å². The van der Waals surface area contributed by atoms with E-state index in [9.17, 15) is 0 Å². The molecule has 0 fully saturated rings. The smallest absolute Gasteiger partial charge is 0.195 e. The number of aryl methyl sites for hydroxylation is 2. The van der Waals surface area contributed by atoms with Gasteiger partial charge >= 0.3 is 0 Å². The highest BCUT2D eigenvalue weighted by Crippen LogP contribution is 2.28. The molecule has 6 nitrogen and oxygen atoms in total. The van der Waals surface area contributed by atoms with Crippen LogP contribution in [0.1, 0.15) is 44.5 Å². The fraction of sp³-hybridized carbons (Fsp3) is 0.357. The molecule has 2 aromatic carbocycles. The fourth-order valence-corrected chi connectivity index (χ4v) is 4.00. The van der Waals surface area contributed by atoms with Gasteiger partial charge in [0, 0.05) is 39.6 Å². The van der Waals surface area contributed by atoms with E-state index in [1.165, 1.54) is 44.5 Å². The summed E-state index contributed by atoms with van der Waals surface area (Å²) in [6.07, 6.45) is 8.62. The lowest BCUT2D eigenvalue weighted by Crippen LogP contribution is -2.27. The third kappa shape index (κ3) is 6.07. The van der Waals surface area contributed by atoms with Crippen LogP contribution in [0.25, 0.3) is 12.2 Å². The van der Waals surface area contributed by atoms with Gasteiger partial charge in [0.25, 0.3) is 0 Å². The van der Waals surface area contributed by atoms with Crippen molar-refractivity contribution in [3.63, 3.8) is 0 Å². The number of aliphatic imine (C=N–C) groups is 2. The van der Waals surface area contributed by atoms with E-state index in [-0.39, 0.29) is 0 Å². The summed E-state index contributed by atoms with van der Waals surface area (Å²) in [5.74, 6) is 1.50. The van der Waals surface area contributed by atoms with Gasteiger partial charge in [0.1, 0.15) is 0 Å². The fourth-order valence-electron chi connectivity index (χ4n) is 4.00. The van der Waals surface area contributed by atoms with E-state index >= 15 is 0 Å². The van der Waals surface area contributed by atoms with Crippen LogP contribution in [0.5, 0.6) is 0 Å². The van der Waals surface area contributed by atoms with Crippen molar-refractivity contribution in [2.75, 3.05) is 38.8 Å². The summed E-state index contributed by atoms with van der Waals surface area (Å²) in [6, 6.07) is 4.35. The molecule has 6 heteroatoms. The average molecular weight is 461 g/mol. The molecule has 2 rings (SSSR count). The highest BCUT2D eigenvalue weighted by atomic mass is 15.2. The second-order valence-electron chi connectivity index (χ2n) is 8.42. The van der Waals surface area contributed by atoms with E-state index in [2.05, 4.69) is 109 Å². The van der Waals surface area contributed by atoms with Crippen molar-refractivity contribution in [1.29, 1.82) is 0 Å². The van der Waals surface area contributed by atoms with Crippen LogP contribution in [0.3, 0.4) is 0 Å². The van der Waals surface area contributed by atoms with Crippen LogP contribution in [0, 0.1) is 41.5 Å². The largest absolute Gasteiger partial charge is 0.359 e. The number of guanidine groups is 2. The predicted octanol–water partition coefficient (Wildman–Crippen LogP) is 5.50. The van der Waals surface area contributed by atoms with Crippen molar-refractivity contribution >= 4 is 35.4 Å². The molecular formula is C28H40N6. The van der Waals surface area contributed by atoms with Gasteiger partial charge in [-0.05, 0) is 98.2 Å². The molecule has 34 heavy (non-hydrogen) atoms. The number of anilines is 2. The van der Waals surface area contributed by atoms with Gasteiger partial charge in [-0.25, -0.2) is 0 Å². The van der Waals surface area contributed by atoms with Crippen molar-refractivity contribution in [3.05, 3.63) is 68.8 Å². The molecular weight excluding hydrogens is 420 g/mol. The van der Waals surface area contributed by atoms with E-state index in [1.54, 1.807) is 14.1 Å².